The van der Waals surface area contributed by atoms with E-state index in [0.717, 1.165) is 13.1 Å². The Hall–Kier alpha value is -0.160. The standard InChI is InChI=1S/C13H27N3O/c1-15(8-12-4-3-7-16(12)2)9-13(14,10-17)11-5-6-11/h11-12,17H,3-10,14H2,1-2H3. The third-order valence-electron chi connectivity index (χ3n) is 4.44. The van der Waals surface area contributed by atoms with Gasteiger partial charge in [-0.25, -0.2) is 0 Å². The Labute approximate surface area is 105 Å². The van der Waals surface area contributed by atoms with Crippen LogP contribution in [0.5, 0.6) is 0 Å². The normalized spacial score (nSPS) is 29.8. The van der Waals surface area contributed by atoms with Crippen molar-refractivity contribution in [1.29, 1.82) is 0 Å². The highest BCUT2D eigenvalue weighted by atomic mass is 16.3. The van der Waals surface area contributed by atoms with Crippen LogP contribution in [0.2, 0.25) is 0 Å². The number of nitrogens with two attached hydrogens (primary N) is 1. The maximum Gasteiger partial charge on any atom is 0.0626 e. The van der Waals surface area contributed by atoms with E-state index in [1.165, 1.54) is 32.2 Å². The van der Waals surface area contributed by atoms with E-state index in [1.807, 2.05) is 0 Å². The summed E-state index contributed by atoms with van der Waals surface area (Å²) in [7, 11) is 4.33. The van der Waals surface area contributed by atoms with Gasteiger partial charge in [-0.15, -0.1) is 0 Å². The SMILES string of the molecule is CN(CC1CCCN1C)CC(N)(CO)C1CC1. The predicted octanol–water partition coefficient (Wildman–Crippen LogP) is 0.112. The number of nitrogens with zero attached hydrogens (tertiary/aromatic N) is 2. The summed E-state index contributed by atoms with van der Waals surface area (Å²) in [5.74, 6) is 0.538. The molecule has 0 radical (unpaired) electrons. The second kappa shape index (κ2) is 5.22. The number of aliphatic hydroxyl groups excluding tert-OH is 1. The fourth-order valence-corrected chi connectivity index (χ4v) is 3.10. The summed E-state index contributed by atoms with van der Waals surface area (Å²) in [6.07, 6.45) is 4.98. The van der Waals surface area contributed by atoms with Gasteiger partial charge in [-0.05, 0) is 52.2 Å². The van der Waals surface area contributed by atoms with Crippen LogP contribution in [0, 0.1) is 5.92 Å². The number of hydrogen-bond donors (Lipinski definition) is 2. The van der Waals surface area contributed by atoms with E-state index in [2.05, 4.69) is 23.9 Å². The van der Waals surface area contributed by atoms with Crippen molar-refractivity contribution >= 4 is 0 Å². The minimum absolute atomic E-state index is 0.114. The van der Waals surface area contributed by atoms with Gasteiger partial charge in [-0.1, -0.05) is 0 Å². The van der Waals surface area contributed by atoms with E-state index in [4.69, 9.17) is 5.73 Å². The molecule has 2 unspecified atom stereocenters. The molecule has 3 N–H and O–H groups in total. The first-order valence-electron chi connectivity index (χ1n) is 6.83. The lowest BCUT2D eigenvalue weighted by molar-refractivity contribution is 0.119. The first-order chi connectivity index (χ1) is 8.05. The van der Waals surface area contributed by atoms with Crippen molar-refractivity contribution in [2.75, 3.05) is 40.3 Å². The Bertz CT molecular complexity index is 257. The molecule has 2 fully saturated rings. The van der Waals surface area contributed by atoms with Crippen LogP contribution in [-0.2, 0) is 0 Å². The zero-order valence-corrected chi connectivity index (χ0v) is 11.2. The van der Waals surface area contributed by atoms with E-state index in [0.29, 0.717) is 12.0 Å². The summed E-state index contributed by atoms with van der Waals surface area (Å²) in [6, 6.07) is 0.669. The summed E-state index contributed by atoms with van der Waals surface area (Å²) in [4.78, 5) is 4.74. The summed E-state index contributed by atoms with van der Waals surface area (Å²) < 4.78 is 0. The van der Waals surface area contributed by atoms with Crippen LogP contribution >= 0.6 is 0 Å². The highest BCUT2D eigenvalue weighted by Gasteiger charge is 2.42. The molecule has 4 nitrogen and oxygen atoms in total. The molecule has 0 spiro atoms. The molecule has 0 aromatic heterocycles. The number of hydrogen-bond acceptors (Lipinski definition) is 4. The van der Waals surface area contributed by atoms with Gasteiger partial charge in [0.05, 0.1) is 12.1 Å². The van der Waals surface area contributed by atoms with Gasteiger partial charge in [-0.3, -0.25) is 0 Å². The maximum absolute atomic E-state index is 9.50. The third-order valence-corrected chi connectivity index (χ3v) is 4.44. The van der Waals surface area contributed by atoms with Crippen molar-refractivity contribution in [2.45, 2.75) is 37.3 Å². The van der Waals surface area contributed by atoms with E-state index >= 15 is 0 Å². The first kappa shape index (κ1) is 13.3. The molecule has 0 amide bonds. The van der Waals surface area contributed by atoms with Crippen LogP contribution in [0.15, 0.2) is 0 Å². The molecule has 1 saturated carbocycles. The molecule has 1 aliphatic heterocycles. The monoisotopic (exact) mass is 241 g/mol. The van der Waals surface area contributed by atoms with Crippen molar-refractivity contribution < 1.29 is 5.11 Å². The van der Waals surface area contributed by atoms with E-state index in [9.17, 15) is 5.11 Å². The molecule has 0 bridgehead atoms. The first-order valence-corrected chi connectivity index (χ1v) is 6.83. The Morgan fingerprint density at radius 2 is 2.12 bits per heavy atom. The van der Waals surface area contributed by atoms with Gasteiger partial charge < -0.3 is 20.6 Å². The summed E-state index contributed by atoms with van der Waals surface area (Å²) >= 11 is 0. The molecular weight excluding hydrogens is 214 g/mol. The zero-order chi connectivity index (χ0) is 12.5. The fraction of sp³-hybridized carbons (Fsp3) is 1.00. The number of rotatable bonds is 6. The molecule has 2 atom stereocenters. The Morgan fingerprint density at radius 1 is 1.41 bits per heavy atom. The summed E-state index contributed by atoms with van der Waals surface area (Å²) in [5, 5.41) is 9.50. The average Bonchev–Trinajstić information content (AvgIpc) is 3.06. The number of aliphatic hydroxyl groups is 1. The highest BCUT2D eigenvalue weighted by Crippen LogP contribution is 2.38. The molecule has 4 heteroatoms. The average molecular weight is 241 g/mol. The Morgan fingerprint density at radius 3 is 2.59 bits per heavy atom. The van der Waals surface area contributed by atoms with Gasteiger partial charge in [0.25, 0.3) is 0 Å². The minimum Gasteiger partial charge on any atom is -0.394 e. The van der Waals surface area contributed by atoms with Crippen molar-refractivity contribution in [2.24, 2.45) is 11.7 Å². The van der Waals surface area contributed by atoms with E-state index < -0.39 is 0 Å². The lowest BCUT2D eigenvalue weighted by Crippen LogP contribution is -2.55. The van der Waals surface area contributed by atoms with E-state index in [1.54, 1.807) is 0 Å². The predicted molar refractivity (Wildman–Crippen MR) is 69.9 cm³/mol. The van der Waals surface area contributed by atoms with Crippen molar-refractivity contribution in [3.8, 4) is 0 Å². The van der Waals surface area contributed by atoms with Crippen molar-refractivity contribution in [3.05, 3.63) is 0 Å². The lowest BCUT2D eigenvalue weighted by atomic mass is 9.95. The molecule has 0 aromatic rings. The van der Waals surface area contributed by atoms with E-state index in [-0.39, 0.29) is 12.1 Å². The van der Waals surface area contributed by atoms with Crippen LogP contribution in [0.4, 0.5) is 0 Å². The largest absolute Gasteiger partial charge is 0.394 e. The third kappa shape index (κ3) is 3.19. The van der Waals surface area contributed by atoms with Gasteiger partial charge in [0.2, 0.25) is 0 Å². The van der Waals surface area contributed by atoms with Gasteiger partial charge in [0.15, 0.2) is 0 Å². The van der Waals surface area contributed by atoms with Gasteiger partial charge >= 0.3 is 0 Å². The Kier molecular flexibility index (Phi) is 4.08. The maximum atomic E-state index is 9.50. The van der Waals surface area contributed by atoms with Gasteiger partial charge in [0.1, 0.15) is 0 Å². The molecule has 2 rings (SSSR count). The van der Waals surface area contributed by atoms with Crippen LogP contribution in [0.25, 0.3) is 0 Å². The van der Waals surface area contributed by atoms with Crippen molar-refractivity contribution in [3.63, 3.8) is 0 Å². The second-order valence-electron chi connectivity index (χ2n) is 6.14. The van der Waals surface area contributed by atoms with Crippen LogP contribution < -0.4 is 5.73 Å². The zero-order valence-electron chi connectivity index (χ0n) is 11.2. The second-order valence-corrected chi connectivity index (χ2v) is 6.14. The van der Waals surface area contributed by atoms with Crippen LogP contribution in [0.1, 0.15) is 25.7 Å². The topological polar surface area (TPSA) is 52.7 Å². The quantitative estimate of drug-likeness (QED) is 0.693. The molecule has 100 valence electrons. The van der Waals surface area contributed by atoms with Gasteiger partial charge in [0, 0.05) is 19.1 Å². The number of likely N-dealkylation sites (tertiary alicyclic amines) is 1. The highest BCUT2D eigenvalue weighted by molar-refractivity contribution is 5.00. The van der Waals surface area contributed by atoms with Crippen LogP contribution in [-0.4, -0.2) is 66.8 Å². The summed E-state index contributed by atoms with van der Waals surface area (Å²) in [5.41, 5.74) is 5.94. The van der Waals surface area contributed by atoms with Gasteiger partial charge in [-0.2, -0.15) is 0 Å². The Balaban J connectivity index is 1.81. The lowest BCUT2D eigenvalue weighted by Gasteiger charge is -2.34. The molecule has 0 aromatic carbocycles. The number of likely N-dealkylation sites (N-methyl/N-ethyl adjacent to an activating group) is 2. The fourth-order valence-electron chi connectivity index (χ4n) is 3.10. The molecule has 1 aliphatic carbocycles. The smallest absolute Gasteiger partial charge is 0.0626 e. The summed E-state index contributed by atoms with van der Waals surface area (Å²) in [6.45, 7) is 3.22. The molecular formula is C13H27N3O. The molecule has 2 aliphatic rings. The molecule has 1 heterocycles. The minimum atomic E-state index is -0.369. The molecule has 17 heavy (non-hydrogen) atoms. The molecule has 1 saturated heterocycles. The van der Waals surface area contributed by atoms with Crippen molar-refractivity contribution in [1.82, 2.24) is 9.80 Å². The van der Waals surface area contributed by atoms with Crippen LogP contribution in [0.3, 0.4) is 0 Å².